The molecule has 102 valence electrons. The molecule has 0 radical (unpaired) electrons. The van der Waals surface area contributed by atoms with Gasteiger partial charge in [0.2, 0.25) is 0 Å². The smallest absolute Gasteiger partial charge is 0.308 e. The summed E-state index contributed by atoms with van der Waals surface area (Å²) in [7, 11) is 0. The Morgan fingerprint density at radius 1 is 0.900 bits per heavy atom. The number of esters is 1. The summed E-state index contributed by atoms with van der Waals surface area (Å²) in [5.74, 6) is -0.0977. The molecule has 0 atom stereocenters. The summed E-state index contributed by atoms with van der Waals surface area (Å²) in [5, 5.41) is 0. The van der Waals surface area contributed by atoms with E-state index in [1.54, 1.807) is 24.3 Å². The largest absolute Gasteiger partial charge is 0.427 e. The molecule has 20 heavy (non-hydrogen) atoms. The van der Waals surface area contributed by atoms with Crippen molar-refractivity contribution >= 4 is 11.8 Å². The molecule has 3 heteroatoms. The molecule has 0 saturated heterocycles. The second kappa shape index (κ2) is 5.70. The van der Waals surface area contributed by atoms with Gasteiger partial charge in [0.25, 0.3) is 0 Å². The third kappa shape index (κ3) is 3.32. The van der Waals surface area contributed by atoms with Crippen LogP contribution >= 0.6 is 0 Å². The Morgan fingerprint density at radius 3 is 2.15 bits per heavy atom. The van der Waals surface area contributed by atoms with E-state index in [1.807, 2.05) is 32.0 Å². The van der Waals surface area contributed by atoms with E-state index in [-0.39, 0.29) is 5.78 Å². The van der Waals surface area contributed by atoms with E-state index >= 15 is 0 Å². The molecule has 0 amide bonds. The van der Waals surface area contributed by atoms with E-state index in [9.17, 15) is 9.59 Å². The fraction of sp³-hybridized carbons (Fsp3) is 0.176. The molecule has 0 N–H and O–H groups in total. The Morgan fingerprint density at radius 2 is 1.55 bits per heavy atom. The van der Waals surface area contributed by atoms with E-state index < -0.39 is 5.97 Å². The van der Waals surface area contributed by atoms with Crippen LogP contribution in [0.4, 0.5) is 0 Å². The van der Waals surface area contributed by atoms with Crippen molar-refractivity contribution in [1.82, 2.24) is 0 Å². The summed E-state index contributed by atoms with van der Waals surface area (Å²) in [6.07, 6.45) is 0. The quantitative estimate of drug-likeness (QED) is 0.486. The summed E-state index contributed by atoms with van der Waals surface area (Å²) < 4.78 is 5.00. The minimum Gasteiger partial charge on any atom is -0.427 e. The predicted molar refractivity (Wildman–Crippen MR) is 77.1 cm³/mol. The highest BCUT2D eigenvalue weighted by atomic mass is 16.5. The highest BCUT2D eigenvalue weighted by molar-refractivity contribution is 6.09. The second-order valence-corrected chi connectivity index (χ2v) is 4.83. The summed E-state index contributed by atoms with van der Waals surface area (Å²) >= 11 is 0. The highest BCUT2D eigenvalue weighted by Crippen LogP contribution is 2.18. The van der Waals surface area contributed by atoms with Crippen LogP contribution in [0.1, 0.15) is 34.0 Å². The van der Waals surface area contributed by atoms with E-state index in [0.717, 1.165) is 11.1 Å². The number of ether oxygens (including phenoxy) is 1. The Labute approximate surface area is 118 Å². The first-order valence-electron chi connectivity index (χ1n) is 6.37. The van der Waals surface area contributed by atoms with E-state index in [1.165, 1.54) is 6.92 Å². The van der Waals surface area contributed by atoms with Gasteiger partial charge in [-0.1, -0.05) is 29.3 Å². The predicted octanol–water partition coefficient (Wildman–Crippen LogP) is 3.46. The van der Waals surface area contributed by atoms with E-state index in [4.69, 9.17) is 4.74 Å². The van der Waals surface area contributed by atoms with Crippen molar-refractivity contribution in [2.75, 3.05) is 0 Å². The number of carbonyl (C=O) groups excluding carboxylic acids is 2. The molecule has 0 fully saturated rings. The van der Waals surface area contributed by atoms with Crippen LogP contribution in [0.3, 0.4) is 0 Å². The lowest BCUT2D eigenvalue weighted by Crippen LogP contribution is -2.05. The summed E-state index contributed by atoms with van der Waals surface area (Å²) in [5.41, 5.74) is 3.24. The molecule has 0 bridgehead atoms. The SMILES string of the molecule is CC(=O)Oc1cccc(C(=O)c2cc(C)cc(C)c2)c1. The van der Waals surface area contributed by atoms with E-state index in [2.05, 4.69) is 0 Å². The van der Waals surface area contributed by atoms with Gasteiger partial charge in [-0.3, -0.25) is 9.59 Å². The summed E-state index contributed by atoms with van der Waals surface area (Å²) in [4.78, 5) is 23.4. The lowest BCUT2D eigenvalue weighted by Gasteiger charge is -2.06. The van der Waals surface area contributed by atoms with Gasteiger partial charge in [-0.15, -0.1) is 0 Å². The number of benzene rings is 2. The van der Waals surface area contributed by atoms with Crippen molar-refractivity contribution in [3.63, 3.8) is 0 Å². The maximum absolute atomic E-state index is 12.4. The van der Waals surface area contributed by atoms with Crippen LogP contribution in [-0.2, 0) is 4.79 Å². The maximum Gasteiger partial charge on any atom is 0.308 e. The Hall–Kier alpha value is -2.42. The average Bonchev–Trinajstić information content (AvgIpc) is 2.36. The highest BCUT2D eigenvalue weighted by Gasteiger charge is 2.11. The van der Waals surface area contributed by atoms with Crippen LogP contribution in [0.25, 0.3) is 0 Å². The molecule has 2 aromatic rings. The number of aryl methyl sites for hydroxylation is 2. The second-order valence-electron chi connectivity index (χ2n) is 4.83. The number of carbonyl (C=O) groups is 2. The van der Waals surface area contributed by atoms with Crippen LogP contribution in [0.5, 0.6) is 5.75 Å². The third-order valence-electron chi connectivity index (χ3n) is 2.84. The van der Waals surface area contributed by atoms with Crippen molar-refractivity contribution < 1.29 is 14.3 Å². The zero-order chi connectivity index (χ0) is 14.7. The normalized spacial score (nSPS) is 10.2. The van der Waals surface area contributed by atoms with Crippen molar-refractivity contribution in [1.29, 1.82) is 0 Å². The van der Waals surface area contributed by atoms with Gasteiger partial charge in [0.05, 0.1) is 0 Å². The van der Waals surface area contributed by atoms with Gasteiger partial charge in [0, 0.05) is 18.1 Å². The standard InChI is InChI=1S/C17H16O3/c1-11-7-12(2)9-15(8-11)17(19)14-5-4-6-16(10-14)20-13(3)18/h4-10H,1-3H3. The Balaban J connectivity index is 2.35. The van der Waals surface area contributed by atoms with E-state index in [0.29, 0.717) is 16.9 Å². The van der Waals surface area contributed by atoms with Crippen molar-refractivity contribution in [2.45, 2.75) is 20.8 Å². The molecule has 0 unspecified atom stereocenters. The van der Waals surface area contributed by atoms with Crippen LogP contribution in [0.2, 0.25) is 0 Å². The zero-order valence-electron chi connectivity index (χ0n) is 11.8. The van der Waals surface area contributed by atoms with Gasteiger partial charge in [-0.2, -0.15) is 0 Å². The molecular formula is C17H16O3. The van der Waals surface area contributed by atoms with Gasteiger partial charge in [-0.05, 0) is 38.1 Å². The number of hydrogen-bond donors (Lipinski definition) is 0. The maximum atomic E-state index is 12.4. The third-order valence-corrected chi connectivity index (χ3v) is 2.84. The molecule has 0 aromatic heterocycles. The fourth-order valence-corrected chi connectivity index (χ4v) is 2.14. The molecule has 0 saturated carbocycles. The zero-order valence-corrected chi connectivity index (χ0v) is 11.8. The van der Waals surface area contributed by atoms with Crippen LogP contribution in [-0.4, -0.2) is 11.8 Å². The Kier molecular flexibility index (Phi) is 3.99. The minimum absolute atomic E-state index is 0.0780. The molecule has 0 aliphatic carbocycles. The average molecular weight is 268 g/mol. The van der Waals surface area contributed by atoms with Crippen molar-refractivity contribution in [2.24, 2.45) is 0 Å². The molecule has 0 spiro atoms. The topological polar surface area (TPSA) is 43.4 Å². The van der Waals surface area contributed by atoms with Crippen LogP contribution < -0.4 is 4.74 Å². The minimum atomic E-state index is -0.402. The Bertz CT molecular complexity index is 651. The first-order valence-corrected chi connectivity index (χ1v) is 6.37. The van der Waals surface area contributed by atoms with Gasteiger partial charge >= 0.3 is 5.97 Å². The van der Waals surface area contributed by atoms with Crippen LogP contribution in [0.15, 0.2) is 42.5 Å². The van der Waals surface area contributed by atoms with Crippen LogP contribution in [0, 0.1) is 13.8 Å². The van der Waals surface area contributed by atoms with Gasteiger partial charge in [0.15, 0.2) is 5.78 Å². The first-order chi connectivity index (χ1) is 9.45. The molecule has 2 aromatic carbocycles. The molecule has 3 nitrogen and oxygen atoms in total. The van der Waals surface area contributed by atoms with Gasteiger partial charge in [0.1, 0.15) is 5.75 Å². The van der Waals surface area contributed by atoms with Crippen molar-refractivity contribution in [3.05, 3.63) is 64.7 Å². The van der Waals surface area contributed by atoms with Crippen molar-refractivity contribution in [3.8, 4) is 5.75 Å². The summed E-state index contributed by atoms with van der Waals surface area (Å²) in [6, 6.07) is 12.4. The number of ketones is 1. The van der Waals surface area contributed by atoms with Gasteiger partial charge in [-0.25, -0.2) is 0 Å². The number of hydrogen-bond acceptors (Lipinski definition) is 3. The molecule has 2 rings (SSSR count). The molecule has 0 aliphatic rings. The number of rotatable bonds is 3. The lowest BCUT2D eigenvalue weighted by atomic mass is 9.99. The van der Waals surface area contributed by atoms with Gasteiger partial charge < -0.3 is 4.74 Å². The molecule has 0 heterocycles. The monoisotopic (exact) mass is 268 g/mol. The molecule has 0 aliphatic heterocycles. The summed E-state index contributed by atoms with van der Waals surface area (Å²) in [6.45, 7) is 5.25. The first kappa shape index (κ1) is 14.0. The molecular weight excluding hydrogens is 252 g/mol. The fourth-order valence-electron chi connectivity index (χ4n) is 2.14. The lowest BCUT2D eigenvalue weighted by molar-refractivity contribution is -0.131.